The Labute approximate surface area is 161 Å². The molecule has 1 aliphatic rings. The average molecular weight is 368 g/mol. The normalized spacial score (nSPS) is 19.6. The predicted octanol–water partition coefficient (Wildman–Crippen LogP) is 3.20. The van der Waals surface area contributed by atoms with Gasteiger partial charge in [0.1, 0.15) is 6.10 Å². The highest BCUT2D eigenvalue weighted by molar-refractivity contribution is 5.82. The van der Waals surface area contributed by atoms with Gasteiger partial charge in [-0.05, 0) is 50.7 Å². The molecule has 3 rings (SSSR count). The van der Waals surface area contributed by atoms with Crippen LogP contribution >= 0.6 is 0 Å². The molecule has 1 N–H and O–H groups in total. The largest absolute Gasteiger partial charge is 0.482 e. The van der Waals surface area contributed by atoms with Gasteiger partial charge in [0.15, 0.2) is 11.5 Å². The maximum atomic E-state index is 12.7. The van der Waals surface area contributed by atoms with Gasteiger partial charge in [0.25, 0.3) is 5.91 Å². The molecular weight excluding hydrogens is 340 g/mol. The molecule has 0 aromatic heterocycles. The lowest BCUT2D eigenvalue weighted by Gasteiger charge is -2.32. The van der Waals surface area contributed by atoms with Crippen molar-refractivity contribution in [2.45, 2.75) is 38.5 Å². The van der Waals surface area contributed by atoms with Crippen LogP contribution in [0.25, 0.3) is 0 Å². The van der Waals surface area contributed by atoms with E-state index in [1.54, 1.807) is 0 Å². The number of carbonyl (C=O) groups excluding carboxylic acids is 1. The Morgan fingerprint density at radius 3 is 2.30 bits per heavy atom. The molecule has 1 amide bonds. The number of nitrogens with zero attached hydrogens (tertiary/aromatic N) is 1. The number of aryl methyl sites for hydroxylation is 1. The Balaban J connectivity index is 1.65. The van der Waals surface area contributed by atoms with E-state index in [1.807, 2.05) is 45.3 Å². The summed E-state index contributed by atoms with van der Waals surface area (Å²) in [7, 11) is 4.04. The average Bonchev–Trinajstić information content (AvgIpc) is 2.67. The van der Waals surface area contributed by atoms with Crippen molar-refractivity contribution in [1.82, 2.24) is 10.2 Å². The Bertz CT molecular complexity index is 773. The minimum absolute atomic E-state index is 0.0898. The molecule has 0 saturated carbocycles. The number of amides is 1. The molecule has 2 aromatic carbocycles. The van der Waals surface area contributed by atoms with Gasteiger partial charge in [0.05, 0.1) is 6.04 Å². The summed E-state index contributed by atoms with van der Waals surface area (Å²) in [6.45, 7) is 4.50. The second-order valence-corrected chi connectivity index (χ2v) is 7.13. The third kappa shape index (κ3) is 4.42. The number of likely N-dealkylation sites (N-methyl/N-ethyl adjacent to an activating group) is 1. The van der Waals surface area contributed by atoms with E-state index in [4.69, 9.17) is 9.47 Å². The highest BCUT2D eigenvalue weighted by Gasteiger charge is 2.34. The molecule has 3 unspecified atom stereocenters. The number of para-hydroxylation sites is 2. The first kappa shape index (κ1) is 19.2. The van der Waals surface area contributed by atoms with Crippen LogP contribution in [0.5, 0.6) is 11.5 Å². The molecule has 0 aliphatic carbocycles. The molecule has 5 nitrogen and oxygen atoms in total. The minimum Gasteiger partial charge on any atom is -0.482 e. The second-order valence-electron chi connectivity index (χ2n) is 7.13. The number of ether oxygens (including phenoxy) is 2. The molecule has 1 aliphatic heterocycles. The van der Waals surface area contributed by atoms with Crippen molar-refractivity contribution >= 4 is 5.91 Å². The minimum atomic E-state index is -0.662. The fourth-order valence-electron chi connectivity index (χ4n) is 3.28. The van der Waals surface area contributed by atoms with Crippen LogP contribution in [0.1, 0.15) is 31.0 Å². The van der Waals surface area contributed by atoms with E-state index in [1.165, 1.54) is 11.1 Å². The van der Waals surface area contributed by atoms with Crippen LogP contribution in [0.4, 0.5) is 0 Å². The zero-order valence-corrected chi connectivity index (χ0v) is 16.4. The topological polar surface area (TPSA) is 50.8 Å². The number of benzene rings is 2. The second kappa shape index (κ2) is 8.44. The van der Waals surface area contributed by atoms with E-state index in [2.05, 4.69) is 41.4 Å². The van der Waals surface area contributed by atoms with Gasteiger partial charge in [0, 0.05) is 6.54 Å². The highest BCUT2D eigenvalue weighted by Crippen LogP contribution is 2.33. The smallest absolute Gasteiger partial charge is 0.265 e. The molecule has 27 heavy (non-hydrogen) atoms. The molecule has 0 bridgehead atoms. The van der Waals surface area contributed by atoms with Crippen molar-refractivity contribution in [2.24, 2.45) is 0 Å². The predicted molar refractivity (Wildman–Crippen MR) is 106 cm³/mol. The van der Waals surface area contributed by atoms with Crippen LogP contribution in [0.2, 0.25) is 0 Å². The maximum Gasteiger partial charge on any atom is 0.265 e. The van der Waals surface area contributed by atoms with E-state index in [0.717, 1.165) is 6.42 Å². The van der Waals surface area contributed by atoms with Crippen LogP contribution in [0, 0.1) is 0 Å². The summed E-state index contributed by atoms with van der Waals surface area (Å²) >= 11 is 0. The molecule has 144 valence electrons. The number of carbonyl (C=O) groups is 1. The Morgan fingerprint density at radius 1 is 1.07 bits per heavy atom. The van der Waals surface area contributed by atoms with Gasteiger partial charge in [-0.3, -0.25) is 4.79 Å². The van der Waals surface area contributed by atoms with Crippen LogP contribution in [-0.4, -0.2) is 43.7 Å². The summed E-state index contributed by atoms with van der Waals surface area (Å²) in [5.41, 5.74) is 2.48. The molecule has 0 radical (unpaired) electrons. The summed E-state index contributed by atoms with van der Waals surface area (Å²) in [5, 5.41) is 3.04. The Kier molecular flexibility index (Phi) is 6.01. The van der Waals surface area contributed by atoms with Gasteiger partial charge in [0.2, 0.25) is 6.10 Å². The zero-order chi connectivity index (χ0) is 19.4. The molecule has 0 saturated heterocycles. The lowest BCUT2D eigenvalue weighted by Crippen LogP contribution is -2.50. The molecular formula is C22H28N2O3. The van der Waals surface area contributed by atoms with Crippen LogP contribution in [0.15, 0.2) is 48.5 Å². The van der Waals surface area contributed by atoms with Crippen molar-refractivity contribution in [3.8, 4) is 11.5 Å². The van der Waals surface area contributed by atoms with E-state index < -0.39 is 6.10 Å². The first-order valence-corrected chi connectivity index (χ1v) is 9.45. The number of hydrogen-bond acceptors (Lipinski definition) is 4. The number of hydrogen-bond donors (Lipinski definition) is 1. The quantitative estimate of drug-likeness (QED) is 0.851. The van der Waals surface area contributed by atoms with E-state index in [0.29, 0.717) is 18.0 Å². The fraction of sp³-hybridized carbons (Fsp3) is 0.409. The number of rotatable bonds is 6. The SMILES string of the molecule is CCc1ccc(C(CNC(=O)C2Oc3ccccc3OC2C)N(C)C)cc1. The van der Waals surface area contributed by atoms with Crippen molar-refractivity contribution in [3.05, 3.63) is 59.7 Å². The van der Waals surface area contributed by atoms with Crippen molar-refractivity contribution in [1.29, 1.82) is 0 Å². The molecule has 2 aromatic rings. The van der Waals surface area contributed by atoms with Crippen LogP contribution < -0.4 is 14.8 Å². The van der Waals surface area contributed by atoms with Crippen molar-refractivity contribution < 1.29 is 14.3 Å². The van der Waals surface area contributed by atoms with Crippen LogP contribution in [-0.2, 0) is 11.2 Å². The Morgan fingerprint density at radius 2 is 1.70 bits per heavy atom. The first-order valence-electron chi connectivity index (χ1n) is 9.45. The molecule has 1 heterocycles. The van der Waals surface area contributed by atoms with Gasteiger partial charge in [-0.15, -0.1) is 0 Å². The van der Waals surface area contributed by atoms with Gasteiger partial charge in [-0.2, -0.15) is 0 Å². The Hall–Kier alpha value is -2.53. The number of nitrogens with one attached hydrogen (secondary N) is 1. The lowest BCUT2D eigenvalue weighted by molar-refractivity contribution is -0.133. The summed E-state index contributed by atoms with van der Waals surface area (Å²) in [5.74, 6) is 1.13. The van der Waals surface area contributed by atoms with E-state index in [9.17, 15) is 4.79 Å². The molecule has 5 heteroatoms. The summed E-state index contributed by atoms with van der Waals surface area (Å²) in [4.78, 5) is 14.9. The third-order valence-electron chi connectivity index (χ3n) is 4.97. The lowest BCUT2D eigenvalue weighted by atomic mass is 10.0. The zero-order valence-electron chi connectivity index (χ0n) is 16.4. The van der Waals surface area contributed by atoms with Crippen molar-refractivity contribution in [2.75, 3.05) is 20.6 Å². The highest BCUT2D eigenvalue weighted by atomic mass is 16.6. The van der Waals surface area contributed by atoms with E-state index >= 15 is 0 Å². The van der Waals surface area contributed by atoms with Gasteiger partial charge in [-0.25, -0.2) is 0 Å². The molecule has 0 spiro atoms. The maximum absolute atomic E-state index is 12.7. The van der Waals surface area contributed by atoms with Gasteiger partial charge in [-0.1, -0.05) is 43.3 Å². The fourth-order valence-corrected chi connectivity index (χ4v) is 3.28. The van der Waals surface area contributed by atoms with Crippen LogP contribution in [0.3, 0.4) is 0 Å². The number of fused-ring (bicyclic) bond motifs is 1. The third-order valence-corrected chi connectivity index (χ3v) is 4.97. The monoisotopic (exact) mass is 368 g/mol. The summed E-state index contributed by atoms with van der Waals surface area (Å²) in [6, 6.07) is 16.1. The van der Waals surface area contributed by atoms with Gasteiger partial charge < -0.3 is 19.7 Å². The molecule has 3 atom stereocenters. The summed E-state index contributed by atoms with van der Waals surface area (Å²) < 4.78 is 11.7. The van der Waals surface area contributed by atoms with E-state index in [-0.39, 0.29) is 18.1 Å². The summed E-state index contributed by atoms with van der Waals surface area (Å²) in [6.07, 6.45) is 0.00824. The standard InChI is InChI=1S/C22H28N2O3/c1-5-16-10-12-17(13-11-16)18(24(3)4)14-23-22(25)21-15(2)26-19-8-6-7-9-20(19)27-21/h6-13,15,18,21H,5,14H2,1-4H3,(H,23,25). The van der Waals surface area contributed by atoms with Crippen molar-refractivity contribution in [3.63, 3.8) is 0 Å². The van der Waals surface area contributed by atoms with Gasteiger partial charge >= 0.3 is 0 Å². The molecule has 0 fully saturated rings. The first-order chi connectivity index (χ1) is 13.0.